The Morgan fingerprint density at radius 3 is 2.55 bits per heavy atom. The molecule has 66 valence electrons. The van der Waals surface area contributed by atoms with Crippen molar-refractivity contribution in [2.75, 3.05) is 7.11 Å². The standard InChI is InChI=1S/C7H14O4/c1-4-5(8)3-6(9)7(10-2)11-4/h4-9H,3H2,1-2H3/t4-,5-,6-,7-/m0/s1. The number of aliphatic hydroxyl groups excluding tert-OH is 2. The summed E-state index contributed by atoms with van der Waals surface area (Å²) in [6.45, 7) is 1.75. The lowest BCUT2D eigenvalue weighted by Crippen LogP contribution is -2.46. The third kappa shape index (κ3) is 1.90. The first kappa shape index (κ1) is 8.93. The molecule has 1 aliphatic heterocycles. The summed E-state index contributed by atoms with van der Waals surface area (Å²) in [5.41, 5.74) is 0. The molecule has 0 saturated carbocycles. The van der Waals surface area contributed by atoms with Crippen LogP contribution in [0.25, 0.3) is 0 Å². The Morgan fingerprint density at radius 2 is 2.00 bits per heavy atom. The topological polar surface area (TPSA) is 58.9 Å². The van der Waals surface area contributed by atoms with Gasteiger partial charge in [0.15, 0.2) is 6.29 Å². The monoisotopic (exact) mass is 162 g/mol. The molecule has 0 aromatic carbocycles. The van der Waals surface area contributed by atoms with Crippen molar-refractivity contribution >= 4 is 0 Å². The summed E-state index contributed by atoms with van der Waals surface area (Å²) in [6.07, 6.45) is -1.83. The van der Waals surface area contributed by atoms with E-state index in [0.717, 1.165) is 0 Å². The highest BCUT2D eigenvalue weighted by Gasteiger charge is 2.33. The van der Waals surface area contributed by atoms with Crippen LogP contribution in [0.2, 0.25) is 0 Å². The Balaban J connectivity index is 2.48. The van der Waals surface area contributed by atoms with Gasteiger partial charge in [-0.05, 0) is 6.92 Å². The molecule has 1 saturated heterocycles. The Labute approximate surface area is 65.7 Å². The van der Waals surface area contributed by atoms with Crippen LogP contribution in [0.4, 0.5) is 0 Å². The minimum Gasteiger partial charge on any atom is -0.390 e. The van der Waals surface area contributed by atoms with Crippen LogP contribution in [0.15, 0.2) is 0 Å². The summed E-state index contributed by atoms with van der Waals surface area (Å²) in [7, 11) is 1.47. The van der Waals surface area contributed by atoms with Gasteiger partial charge in [0.25, 0.3) is 0 Å². The van der Waals surface area contributed by atoms with Gasteiger partial charge < -0.3 is 19.7 Å². The molecule has 0 aromatic heterocycles. The normalized spacial score (nSPS) is 45.8. The summed E-state index contributed by atoms with van der Waals surface area (Å²) in [6, 6.07) is 0. The van der Waals surface area contributed by atoms with E-state index in [1.54, 1.807) is 6.92 Å². The van der Waals surface area contributed by atoms with Crippen LogP contribution in [-0.2, 0) is 9.47 Å². The van der Waals surface area contributed by atoms with Crippen LogP contribution >= 0.6 is 0 Å². The summed E-state index contributed by atoms with van der Waals surface area (Å²) >= 11 is 0. The van der Waals surface area contributed by atoms with Crippen molar-refractivity contribution in [2.45, 2.75) is 37.9 Å². The SMILES string of the molecule is CO[C@H]1O[C@@H](C)[C@@H](O)C[C@@H]1O. The molecule has 0 amide bonds. The molecule has 0 unspecified atom stereocenters. The second kappa shape index (κ2) is 3.49. The van der Waals surface area contributed by atoms with E-state index < -0.39 is 18.5 Å². The lowest BCUT2D eigenvalue weighted by molar-refractivity contribution is -0.251. The van der Waals surface area contributed by atoms with Crippen LogP contribution in [0.3, 0.4) is 0 Å². The van der Waals surface area contributed by atoms with E-state index in [2.05, 4.69) is 0 Å². The maximum atomic E-state index is 9.25. The van der Waals surface area contributed by atoms with Gasteiger partial charge in [0.1, 0.15) is 6.10 Å². The first-order chi connectivity index (χ1) is 5.15. The molecular formula is C7H14O4. The van der Waals surface area contributed by atoms with Gasteiger partial charge in [0, 0.05) is 13.5 Å². The van der Waals surface area contributed by atoms with Gasteiger partial charge in [0.2, 0.25) is 0 Å². The van der Waals surface area contributed by atoms with E-state index in [9.17, 15) is 10.2 Å². The third-order valence-corrected chi connectivity index (χ3v) is 1.92. The number of ether oxygens (including phenoxy) is 2. The van der Waals surface area contributed by atoms with Gasteiger partial charge in [-0.25, -0.2) is 0 Å². The molecular weight excluding hydrogens is 148 g/mol. The summed E-state index contributed by atoms with van der Waals surface area (Å²) in [5, 5.41) is 18.5. The van der Waals surface area contributed by atoms with Crippen LogP contribution in [-0.4, -0.2) is 41.9 Å². The molecule has 0 aliphatic carbocycles. The van der Waals surface area contributed by atoms with Crippen molar-refractivity contribution < 1.29 is 19.7 Å². The predicted molar refractivity (Wildman–Crippen MR) is 38.0 cm³/mol. The number of hydrogen-bond donors (Lipinski definition) is 2. The van der Waals surface area contributed by atoms with Gasteiger partial charge in [-0.3, -0.25) is 0 Å². The lowest BCUT2D eigenvalue weighted by Gasteiger charge is -2.34. The Morgan fingerprint density at radius 1 is 1.36 bits per heavy atom. The Hall–Kier alpha value is -0.160. The van der Waals surface area contributed by atoms with E-state index in [0.29, 0.717) is 6.42 Å². The molecule has 0 radical (unpaired) electrons. The third-order valence-electron chi connectivity index (χ3n) is 1.92. The van der Waals surface area contributed by atoms with E-state index >= 15 is 0 Å². The summed E-state index contributed by atoms with van der Waals surface area (Å²) < 4.78 is 9.98. The lowest BCUT2D eigenvalue weighted by atomic mass is 10.0. The molecule has 4 heteroatoms. The molecule has 4 atom stereocenters. The molecule has 11 heavy (non-hydrogen) atoms. The Bertz CT molecular complexity index is 128. The molecule has 0 bridgehead atoms. The maximum absolute atomic E-state index is 9.25. The molecule has 1 fully saturated rings. The molecule has 2 N–H and O–H groups in total. The average molecular weight is 162 g/mol. The number of aliphatic hydroxyl groups is 2. The first-order valence-corrected chi connectivity index (χ1v) is 3.69. The van der Waals surface area contributed by atoms with Gasteiger partial charge in [-0.15, -0.1) is 0 Å². The minimum absolute atomic E-state index is 0.261. The largest absolute Gasteiger partial charge is 0.390 e. The number of methoxy groups -OCH3 is 1. The summed E-state index contributed by atoms with van der Waals surface area (Å²) in [4.78, 5) is 0. The van der Waals surface area contributed by atoms with Gasteiger partial charge in [-0.1, -0.05) is 0 Å². The fourth-order valence-corrected chi connectivity index (χ4v) is 1.16. The minimum atomic E-state index is -0.716. The zero-order valence-electron chi connectivity index (χ0n) is 6.73. The van der Waals surface area contributed by atoms with Crippen LogP contribution in [0, 0.1) is 0 Å². The predicted octanol–water partition coefficient (Wildman–Crippen LogP) is -0.510. The van der Waals surface area contributed by atoms with Gasteiger partial charge >= 0.3 is 0 Å². The number of hydrogen-bond acceptors (Lipinski definition) is 4. The van der Waals surface area contributed by atoms with Crippen molar-refractivity contribution in [3.05, 3.63) is 0 Å². The van der Waals surface area contributed by atoms with Crippen molar-refractivity contribution in [2.24, 2.45) is 0 Å². The van der Waals surface area contributed by atoms with E-state index in [4.69, 9.17) is 9.47 Å². The average Bonchev–Trinajstić information content (AvgIpc) is 1.97. The zero-order valence-corrected chi connectivity index (χ0v) is 6.73. The Kier molecular flexibility index (Phi) is 2.84. The second-order valence-electron chi connectivity index (χ2n) is 2.82. The highest BCUT2D eigenvalue weighted by atomic mass is 16.7. The molecule has 0 spiro atoms. The summed E-state index contributed by atoms with van der Waals surface area (Å²) in [5.74, 6) is 0. The van der Waals surface area contributed by atoms with Crippen molar-refractivity contribution in [3.8, 4) is 0 Å². The van der Waals surface area contributed by atoms with Gasteiger partial charge in [0.05, 0.1) is 12.2 Å². The highest BCUT2D eigenvalue weighted by Crippen LogP contribution is 2.19. The van der Waals surface area contributed by atoms with Crippen molar-refractivity contribution in [3.63, 3.8) is 0 Å². The van der Waals surface area contributed by atoms with Crippen LogP contribution < -0.4 is 0 Å². The highest BCUT2D eigenvalue weighted by molar-refractivity contribution is 4.77. The van der Waals surface area contributed by atoms with Crippen LogP contribution in [0.1, 0.15) is 13.3 Å². The molecule has 1 aliphatic rings. The molecule has 1 rings (SSSR count). The maximum Gasteiger partial charge on any atom is 0.183 e. The molecule has 1 heterocycles. The van der Waals surface area contributed by atoms with E-state index in [-0.39, 0.29) is 6.10 Å². The number of rotatable bonds is 1. The molecule has 4 nitrogen and oxygen atoms in total. The quantitative estimate of drug-likeness (QED) is 0.545. The second-order valence-corrected chi connectivity index (χ2v) is 2.82. The van der Waals surface area contributed by atoms with E-state index in [1.807, 2.05) is 0 Å². The fraction of sp³-hybridized carbons (Fsp3) is 1.00. The fourth-order valence-electron chi connectivity index (χ4n) is 1.16. The van der Waals surface area contributed by atoms with Gasteiger partial charge in [-0.2, -0.15) is 0 Å². The van der Waals surface area contributed by atoms with Crippen LogP contribution in [0.5, 0.6) is 0 Å². The molecule has 0 aromatic rings. The smallest absolute Gasteiger partial charge is 0.183 e. The van der Waals surface area contributed by atoms with Crippen molar-refractivity contribution in [1.82, 2.24) is 0 Å². The van der Waals surface area contributed by atoms with E-state index in [1.165, 1.54) is 7.11 Å². The first-order valence-electron chi connectivity index (χ1n) is 3.69. The van der Waals surface area contributed by atoms with Crippen molar-refractivity contribution in [1.29, 1.82) is 0 Å². The zero-order chi connectivity index (χ0) is 8.43.